The van der Waals surface area contributed by atoms with Crippen LogP contribution in [0, 0.1) is 0 Å². The van der Waals surface area contributed by atoms with Crippen molar-refractivity contribution in [1.29, 1.82) is 0 Å². The van der Waals surface area contributed by atoms with E-state index < -0.39 is 0 Å². The lowest BCUT2D eigenvalue weighted by Gasteiger charge is -2.06. The van der Waals surface area contributed by atoms with Crippen molar-refractivity contribution in [2.45, 2.75) is 18.3 Å². The highest BCUT2D eigenvalue weighted by atomic mass is 15.3. The molecule has 1 aliphatic carbocycles. The second-order valence-corrected chi connectivity index (χ2v) is 5.25. The lowest BCUT2D eigenvalue weighted by Crippen LogP contribution is -1.99. The maximum atomic E-state index is 4.34. The molecule has 98 valence electrons. The molecule has 2 atom stereocenters. The minimum absolute atomic E-state index is 0.486. The van der Waals surface area contributed by atoms with Gasteiger partial charge >= 0.3 is 0 Å². The van der Waals surface area contributed by atoms with Crippen molar-refractivity contribution in [3.05, 3.63) is 78.4 Å². The Kier molecular flexibility index (Phi) is 2.62. The standard InChI is InChI=1S/C17H15N3/c1-3-7-13(8-4-1)15-11-16(15)17-19-18-12-20(17)14-9-5-2-6-10-14/h1-10,12,15-16H,11H2. The van der Waals surface area contributed by atoms with Crippen molar-refractivity contribution >= 4 is 0 Å². The molecule has 1 fully saturated rings. The van der Waals surface area contributed by atoms with Crippen molar-refractivity contribution in [1.82, 2.24) is 14.8 Å². The first-order chi connectivity index (χ1) is 9.93. The van der Waals surface area contributed by atoms with Crippen molar-refractivity contribution < 1.29 is 0 Å². The van der Waals surface area contributed by atoms with E-state index >= 15 is 0 Å². The van der Waals surface area contributed by atoms with Gasteiger partial charge < -0.3 is 0 Å². The van der Waals surface area contributed by atoms with Crippen LogP contribution in [0.4, 0.5) is 0 Å². The first-order valence-electron chi connectivity index (χ1n) is 6.94. The third kappa shape index (κ3) is 1.92. The number of rotatable bonds is 3. The van der Waals surface area contributed by atoms with Crippen LogP contribution in [0.1, 0.15) is 29.6 Å². The van der Waals surface area contributed by atoms with Crippen LogP contribution < -0.4 is 0 Å². The third-order valence-corrected chi connectivity index (χ3v) is 3.96. The molecule has 0 bridgehead atoms. The number of aromatic nitrogens is 3. The quantitative estimate of drug-likeness (QED) is 0.722. The predicted octanol–water partition coefficient (Wildman–Crippen LogP) is 3.54. The van der Waals surface area contributed by atoms with Crippen molar-refractivity contribution in [3.8, 4) is 5.69 Å². The van der Waals surface area contributed by atoms with Crippen molar-refractivity contribution in [2.75, 3.05) is 0 Å². The van der Waals surface area contributed by atoms with Crippen LogP contribution in [-0.2, 0) is 0 Å². The second kappa shape index (κ2) is 4.60. The van der Waals surface area contributed by atoms with Crippen molar-refractivity contribution in [2.24, 2.45) is 0 Å². The summed E-state index contributed by atoms with van der Waals surface area (Å²) in [4.78, 5) is 0. The molecule has 1 heterocycles. The molecule has 0 saturated heterocycles. The molecule has 4 rings (SSSR count). The van der Waals surface area contributed by atoms with Gasteiger partial charge in [0.15, 0.2) is 0 Å². The topological polar surface area (TPSA) is 30.7 Å². The molecule has 0 radical (unpaired) electrons. The molecule has 1 aliphatic rings. The Bertz CT molecular complexity index is 703. The number of para-hydroxylation sites is 1. The number of benzene rings is 2. The Balaban J connectivity index is 1.65. The summed E-state index contributed by atoms with van der Waals surface area (Å²) in [5.41, 5.74) is 2.53. The summed E-state index contributed by atoms with van der Waals surface area (Å²) in [7, 11) is 0. The fraction of sp³-hybridized carbons (Fsp3) is 0.176. The average molecular weight is 261 g/mol. The summed E-state index contributed by atoms with van der Waals surface area (Å²) in [6.45, 7) is 0. The molecular weight excluding hydrogens is 246 g/mol. The molecule has 0 N–H and O–H groups in total. The van der Waals surface area contributed by atoms with E-state index in [0.29, 0.717) is 11.8 Å². The maximum absolute atomic E-state index is 4.34. The summed E-state index contributed by atoms with van der Waals surface area (Å²) in [5, 5.41) is 8.44. The lowest BCUT2D eigenvalue weighted by atomic mass is 10.1. The van der Waals surface area contributed by atoms with E-state index in [9.17, 15) is 0 Å². The molecule has 3 nitrogen and oxygen atoms in total. The van der Waals surface area contributed by atoms with E-state index in [4.69, 9.17) is 0 Å². The fourth-order valence-corrected chi connectivity index (χ4v) is 2.83. The van der Waals surface area contributed by atoms with Crippen LogP contribution in [0.3, 0.4) is 0 Å². The van der Waals surface area contributed by atoms with Gasteiger partial charge in [0.2, 0.25) is 0 Å². The van der Waals surface area contributed by atoms with Gasteiger partial charge in [-0.2, -0.15) is 0 Å². The van der Waals surface area contributed by atoms with Gasteiger partial charge in [-0.15, -0.1) is 10.2 Å². The Hall–Kier alpha value is -2.42. The van der Waals surface area contributed by atoms with Gasteiger partial charge in [0.05, 0.1) is 0 Å². The normalized spacial score (nSPS) is 20.8. The molecule has 1 aromatic heterocycles. The van der Waals surface area contributed by atoms with E-state index in [0.717, 1.165) is 17.9 Å². The summed E-state index contributed by atoms with van der Waals surface area (Å²) in [6.07, 6.45) is 2.97. The molecule has 0 aliphatic heterocycles. The highest BCUT2D eigenvalue weighted by Gasteiger charge is 2.42. The molecule has 3 aromatic rings. The summed E-state index contributed by atoms with van der Waals surface area (Å²) < 4.78 is 2.10. The van der Waals surface area contributed by atoms with E-state index in [1.807, 2.05) is 24.5 Å². The smallest absolute Gasteiger partial charge is 0.141 e. The zero-order valence-electron chi connectivity index (χ0n) is 11.1. The van der Waals surface area contributed by atoms with Crippen LogP contribution in [0.5, 0.6) is 0 Å². The van der Waals surface area contributed by atoms with Crippen molar-refractivity contribution in [3.63, 3.8) is 0 Å². The van der Waals surface area contributed by atoms with E-state index in [2.05, 4.69) is 57.2 Å². The summed E-state index contributed by atoms with van der Waals surface area (Å²) in [6, 6.07) is 21.0. The molecule has 2 unspecified atom stereocenters. The summed E-state index contributed by atoms with van der Waals surface area (Å²) >= 11 is 0. The zero-order valence-corrected chi connectivity index (χ0v) is 11.1. The Morgan fingerprint density at radius 3 is 2.30 bits per heavy atom. The maximum Gasteiger partial charge on any atom is 0.141 e. The average Bonchev–Trinajstić information content (AvgIpc) is 3.17. The van der Waals surface area contributed by atoms with Crippen LogP contribution in [-0.4, -0.2) is 14.8 Å². The predicted molar refractivity (Wildman–Crippen MR) is 77.9 cm³/mol. The molecular formula is C17H15N3. The van der Waals surface area contributed by atoms with Crippen LogP contribution in [0.15, 0.2) is 67.0 Å². The number of hydrogen-bond acceptors (Lipinski definition) is 2. The molecule has 0 amide bonds. The number of hydrogen-bond donors (Lipinski definition) is 0. The van der Waals surface area contributed by atoms with E-state index in [-0.39, 0.29) is 0 Å². The molecule has 20 heavy (non-hydrogen) atoms. The summed E-state index contributed by atoms with van der Waals surface area (Å²) in [5.74, 6) is 2.15. The fourth-order valence-electron chi connectivity index (χ4n) is 2.83. The Labute approximate surface area is 117 Å². The van der Waals surface area contributed by atoms with Crippen LogP contribution >= 0.6 is 0 Å². The van der Waals surface area contributed by atoms with Crippen LogP contribution in [0.25, 0.3) is 5.69 Å². The third-order valence-electron chi connectivity index (χ3n) is 3.96. The minimum Gasteiger partial charge on any atom is -0.285 e. The Morgan fingerprint density at radius 1 is 0.850 bits per heavy atom. The molecule has 0 spiro atoms. The van der Waals surface area contributed by atoms with E-state index in [1.54, 1.807) is 0 Å². The minimum atomic E-state index is 0.486. The zero-order chi connectivity index (χ0) is 13.4. The Morgan fingerprint density at radius 2 is 1.55 bits per heavy atom. The first kappa shape index (κ1) is 11.4. The van der Waals surface area contributed by atoms with E-state index in [1.165, 1.54) is 5.56 Å². The molecule has 1 saturated carbocycles. The van der Waals surface area contributed by atoms with Gasteiger partial charge in [0.25, 0.3) is 0 Å². The highest BCUT2D eigenvalue weighted by molar-refractivity contribution is 5.37. The van der Waals surface area contributed by atoms with Gasteiger partial charge in [-0.3, -0.25) is 4.57 Å². The molecule has 3 heteroatoms. The van der Waals surface area contributed by atoms with Crippen LogP contribution in [0.2, 0.25) is 0 Å². The number of nitrogens with zero attached hydrogens (tertiary/aromatic N) is 3. The lowest BCUT2D eigenvalue weighted by molar-refractivity contribution is 0.848. The highest BCUT2D eigenvalue weighted by Crippen LogP contribution is 2.54. The van der Waals surface area contributed by atoms with Gasteiger partial charge in [0.1, 0.15) is 12.2 Å². The SMILES string of the molecule is c1ccc(C2CC2c2nncn2-c2ccccc2)cc1. The van der Waals surface area contributed by atoms with Gasteiger partial charge in [-0.25, -0.2) is 0 Å². The second-order valence-electron chi connectivity index (χ2n) is 5.25. The first-order valence-corrected chi connectivity index (χ1v) is 6.94. The van der Waals surface area contributed by atoms with Gasteiger partial charge in [-0.05, 0) is 30.0 Å². The molecule has 2 aromatic carbocycles. The van der Waals surface area contributed by atoms with Gasteiger partial charge in [-0.1, -0.05) is 48.5 Å². The largest absolute Gasteiger partial charge is 0.285 e. The monoisotopic (exact) mass is 261 g/mol. The van der Waals surface area contributed by atoms with Gasteiger partial charge in [0, 0.05) is 11.6 Å².